The maximum Gasteiger partial charge on any atom is 0.229 e. The smallest absolute Gasteiger partial charge is 0.229 e. The minimum Gasteiger partial charge on any atom is -0.504 e. The van der Waals surface area contributed by atoms with Crippen LogP contribution in [-0.4, -0.2) is 127 Å². The summed E-state index contributed by atoms with van der Waals surface area (Å²) in [5, 5.41) is 89.2. The molecule has 2 heterocycles. The second kappa shape index (κ2) is 11.2. The van der Waals surface area contributed by atoms with Gasteiger partial charge in [-0.3, -0.25) is 0 Å². The number of phenolic OH excluding ortho intramolecular Hbond substituents is 1. The van der Waals surface area contributed by atoms with Gasteiger partial charge in [-0.15, -0.1) is 0 Å². The van der Waals surface area contributed by atoms with E-state index in [0.29, 0.717) is 5.56 Å². The van der Waals surface area contributed by atoms with Crippen molar-refractivity contribution in [3.8, 4) is 11.5 Å². The molecule has 188 valence electrons. The third kappa shape index (κ3) is 5.55. The molecular weight excluding hydrogens is 448 g/mol. The van der Waals surface area contributed by atoms with Crippen molar-refractivity contribution in [2.24, 2.45) is 0 Å². The van der Waals surface area contributed by atoms with Crippen LogP contribution in [0.5, 0.6) is 11.5 Å². The summed E-state index contributed by atoms with van der Waals surface area (Å²) < 4.78 is 21.7. The van der Waals surface area contributed by atoms with Crippen LogP contribution >= 0.6 is 0 Å². The van der Waals surface area contributed by atoms with Crippen molar-refractivity contribution in [2.75, 3.05) is 19.8 Å². The minimum absolute atomic E-state index is 0.0952. The predicted molar refractivity (Wildman–Crippen MR) is 106 cm³/mol. The molecule has 0 aliphatic carbocycles. The molecule has 13 heteroatoms. The van der Waals surface area contributed by atoms with E-state index < -0.39 is 74.6 Å². The van der Waals surface area contributed by atoms with E-state index in [0.717, 1.165) is 0 Å². The highest BCUT2D eigenvalue weighted by Crippen LogP contribution is 2.33. The first kappa shape index (κ1) is 26.0. The molecule has 1 aromatic carbocycles. The Morgan fingerprint density at radius 2 is 1.39 bits per heavy atom. The Bertz CT molecular complexity index is 759. The molecule has 13 nitrogen and oxygen atoms in total. The second-order valence-electron chi connectivity index (χ2n) is 7.90. The highest BCUT2D eigenvalue weighted by molar-refractivity contribution is 5.42. The van der Waals surface area contributed by atoms with Gasteiger partial charge in [-0.05, 0) is 24.1 Å². The lowest BCUT2D eigenvalue weighted by Crippen LogP contribution is -2.65. The van der Waals surface area contributed by atoms with Gasteiger partial charge in [0.2, 0.25) is 6.29 Å². The quantitative estimate of drug-likeness (QED) is 0.174. The topological polar surface area (TPSA) is 219 Å². The highest BCUT2D eigenvalue weighted by Gasteiger charge is 2.51. The van der Waals surface area contributed by atoms with E-state index in [2.05, 4.69) is 0 Å². The number of aliphatic hydroxyl groups excluding tert-OH is 8. The summed E-state index contributed by atoms with van der Waals surface area (Å²) in [5.74, 6) is -0.385. The summed E-state index contributed by atoms with van der Waals surface area (Å²) in [6.07, 6.45) is -15.5. The lowest BCUT2D eigenvalue weighted by molar-refractivity contribution is -0.352. The monoisotopic (exact) mass is 478 g/mol. The molecule has 2 aliphatic heterocycles. The summed E-state index contributed by atoms with van der Waals surface area (Å²) in [6.45, 7) is -1.56. The molecule has 2 fully saturated rings. The number of benzene rings is 1. The Morgan fingerprint density at radius 1 is 0.758 bits per heavy atom. The fourth-order valence-electron chi connectivity index (χ4n) is 3.72. The summed E-state index contributed by atoms with van der Waals surface area (Å²) in [5.41, 5.74) is 0.624. The van der Waals surface area contributed by atoms with E-state index in [1.807, 2.05) is 0 Å². The Balaban J connectivity index is 1.73. The maximum atomic E-state index is 10.6. The molecule has 9 N–H and O–H groups in total. The molecule has 10 atom stereocenters. The van der Waals surface area contributed by atoms with Crippen molar-refractivity contribution in [2.45, 2.75) is 67.8 Å². The number of aliphatic hydroxyl groups is 8. The van der Waals surface area contributed by atoms with Crippen LogP contribution in [0.3, 0.4) is 0 Å². The van der Waals surface area contributed by atoms with Gasteiger partial charge in [0.1, 0.15) is 48.8 Å². The fourth-order valence-corrected chi connectivity index (χ4v) is 3.72. The van der Waals surface area contributed by atoms with Gasteiger partial charge in [0.25, 0.3) is 0 Å². The molecule has 33 heavy (non-hydrogen) atoms. The first-order valence-electron chi connectivity index (χ1n) is 10.4. The van der Waals surface area contributed by atoms with Crippen LogP contribution in [0, 0.1) is 0 Å². The van der Waals surface area contributed by atoms with Gasteiger partial charge in [0, 0.05) is 6.61 Å². The number of ether oxygens (including phenoxy) is 4. The summed E-state index contributed by atoms with van der Waals surface area (Å²) >= 11 is 0. The molecule has 2 saturated heterocycles. The van der Waals surface area contributed by atoms with Gasteiger partial charge in [0.15, 0.2) is 17.8 Å². The van der Waals surface area contributed by atoms with Crippen molar-refractivity contribution >= 4 is 0 Å². The van der Waals surface area contributed by atoms with E-state index in [1.165, 1.54) is 12.1 Å². The summed E-state index contributed by atoms with van der Waals surface area (Å²) in [4.78, 5) is 0. The lowest BCUT2D eigenvalue weighted by Gasteiger charge is -2.45. The minimum atomic E-state index is -1.77. The van der Waals surface area contributed by atoms with Crippen LogP contribution < -0.4 is 4.74 Å². The lowest BCUT2D eigenvalue weighted by atomic mass is 9.97. The van der Waals surface area contributed by atoms with Gasteiger partial charge in [-0.2, -0.15) is 0 Å². The molecule has 0 bridgehead atoms. The van der Waals surface area contributed by atoms with Gasteiger partial charge in [0.05, 0.1) is 13.2 Å². The molecule has 0 unspecified atom stereocenters. The van der Waals surface area contributed by atoms with E-state index in [4.69, 9.17) is 24.1 Å². The molecule has 0 amide bonds. The van der Waals surface area contributed by atoms with Crippen molar-refractivity contribution in [3.05, 3.63) is 23.8 Å². The van der Waals surface area contributed by atoms with Gasteiger partial charge in [-0.1, -0.05) is 6.07 Å². The largest absolute Gasteiger partial charge is 0.504 e. The molecule has 0 radical (unpaired) electrons. The fraction of sp³-hybridized carbons (Fsp3) is 0.700. The van der Waals surface area contributed by atoms with Gasteiger partial charge >= 0.3 is 0 Å². The zero-order valence-corrected chi connectivity index (χ0v) is 17.5. The molecule has 1 aromatic rings. The second-order valence-corrected chi connectivity index (χ2v) is 7.90. The number of hydrogen-bond acceptors (Lipinski definition) is 13. The molecule has 2 aliphatic rings. The van der Waals surface area contributed by atoms with E-state index in [1.54, 1.807) is 6.07 Å². The average Bonchev–Trinajstić information content (AvgIpc) is 2.80. The molecular formula is C20H30O13. The van der Waals surface area contributed by atoms with E-state index in [9.17, 15) is 40.9 Å². The summed E-state index contributed by atoms with van der Waals surface area (Å²) in [7, 11) is 0. The van der Waals surface area contributed by atoms with Gasteiger partial charge < -0.3 is 64.9 Å². The van der Waals surface area contributed by atoms with Crippen LogP contribution in [0.4, 0.5) is 0 Å². The number of aromatic hydroxyl groups is 1. The normalized spacial score (nSPS) is 39.4. The zero-order valence-electron chi connectivity index (χ0n) is 17.5. The third-order valence-electron chi connectivity index (χ3n) is 5.63. The van der Waals surface area contributed by atoms with Crippen molar-refractivity contribution in [1.29, 1.82) is 0 Å². The van der Waals surface area contributed by atoms with E-state index >= 15 is 0 Å². The Kier molecular flexibility index (Phi) is 8.82. The standard InChI is InChI=1S/C20H30O13/c21-4-3-8-1-2-9(24)10(5-8)30-19-17(29)15(27)18(12(7-23)32-19)33-20-16(28)14(26)13(25)11(6-22)31-20/h1-2,5,11-29H,3-4,6-7H2/t11-,12-,13-,14+,15-,16-,17-,18-,19+,20-/m1/s1. The number of phenols is 1. The Morgan fingerprint density at radius 3 is 2.03 bits per heavy atom. The first-order chi connectivity index (χ1) is 15.7. The SMILES string of the molecule is OCCc1ccc(O)c(O[C@H]2O[C@H](CO)[C@@H](O[C@H]3O[C@H](CO)[C@@H](O)[C@H](O)[C@H]3O)[C@H](O)[C@H]2O)c1. The molecule has 0 spiro atoms. The summed E-state index contributed by atoms with van der Waals surface area (Å²) in [6, 6.07) is 4.30. The van der Waals surface area contributed by atoms with Crippen LogP contribution in [0.2, 0.25) is 0 Å². The third-order valence-corrected chi connectivity index (χ3v) is 5.63. The van der Waals surface area contributed by atoms with Crippen LogP contribution in [0.15, 0.2) is 18.2 Å². The highest BCUT2D eigenvalue weighted by atomic mass is 16.7. The molecule has 0 aromatic heterocycles. The Hall–Kier alpha value is -1.62. The van der Waals surface area contributed by atoms with Gasteiger partial charge in [-0.25, -0.2) is 0 Å². The molecule has 0 saturated carbocycles. The van der Waals surface area contributed by atoms with Crippen LogP contribution in [0.25, 0.3) is 0 Å². The van der Waals surface area contributed by atoms with Crippen LogP contribution in [0.1, 0.15) is 5.56 Å². The number of rotatable bonds is 8. The van der Waals surface area contributed by atoms with Crippen molar-refractivity contribution in [1.82, 2.24) is 0 Å². The van der Waals surface area contributed by atoms with Crippen molar-refractivity contribution < 1.29 is 64.9 Å². The maximum absolute atomic E-state index is 10.6. The van der Waals surface area contributed by atoms with E-state index in [-0.39, 0.29) is 24.5 Å². The number of hydrogen-bond donors (Lipinski definition) is 9. The Labute approximate surface area is 188 Å². The molecule has 3 rings (SSSR count). The van der Waals surface area contributed by atoms with Crippen molar-refractivity contribution in [3.63, 3.8) is 0 Å². The average molecular weight is 478 g/mol. The zero-order chi connectivity index (χ0) is 24.3. The first-order valence-corrected chi connectivity index (χ1v) is 10.4. The van der Waals surface area contributed by atoms with Crippen LogP contribution in [-0.2, 0) is 20.6 Å². The predicted octanol–water partition coefficient (Wildman–Crippen LogP) is -4.07.